The van der Waals surface area contributed by atoms with Gasteiger partial charge in [0.2, 0.25) is 11.8 Å². The van der Waals surface area contributed by atoms with Gasteiger partial charge in [-0.25, -0.2) is 20.8 Å². The average Bonchev–Trinajstić information content (AvgIpc) is 3.01. The Morgan fingerprint density at radius 2 is 1.09 bits per heavy atom. The summed E-state index contributed by atoms with van der Waals surface area (Å²) < 4.78 is 13.0. The van der Waals surface area contributed by atoms with Gasteiger partial charge in [0.1, 0.15) is 11.5 Å². The van der Waals surface area contributed by atoms with Crippen LogP contribution >= 0.6 is 31.9 Å². The van der Waals surface area contributed by atoms with Gasteiger partial charge in [0.25, 0.3) is 0 Å². The van der Waals surface area contributed by atoms with Gasteiger partial charge in [-0.3, -0.25) is 9.59 Å². The monoisotopic (exact) mass is 716 g/mol. The molecule has 2 heterocycles. The SMILES string of the molecule is O=C(CCOc1cccc(Br)c1)N/N=C/c1ccc2ccc3ccc(/C=N/NC(=O)CCOc4cccc(Br)c4)nc3c2n1. The predicted octanol–water partition coefficient (Wildman–Crippen LogP) is 6.15. The first-order chi connectivity index (χ1) is 21.4. The molecule has 0 aliphatic heterocycles. The van der Waals surface area contributed by atoms with Crippen LogP contribution in [0.3, 0.4) is 0 Å². The Morgan fingerprint density at radius 1 is 0.659 bits per heavy atom. The van der Waals surface area contributed by atoms with E-state index < -0.39 is 0 Å². The lowest BCUT2D eigenvalue weighted by Gasteiger charge is -2.06. The number of hydrogen-bond donors (Lipinski definition) is 2. The molecule has 2 aromatic heterocycles. The number of hydrazone groups is 2. The van der Waals surface area contributed by atoms with Crippen molar-refractivity contribution in [2.75, 3.05) is 13.2 Å². The minimum atomic E-state index is -0.280. The van der Waals surface area contributed by atoms with E-state index in [0.717, 1.165) is 19.7 Å². The number of amides is 2. The van der Waals surface area contributed by atoms with E-state index in [-0.39, 0.29) is 37.9 Å². The molecular formula is C32H26Br2N6O4. The van der Waals surface area contributed by atoms with Crippen molar-refractivity contribution in [3.8, 4) is 11.5 Å². The maximum atomic E-state index is 12.2. The molecule has 0 saturated carbocycles. The molecule has 0 bridgehead atoms. The molecule has 5 rings (SSSR count). The van der Waals surface area contributed by atoms with Crippen molar-refractivity contribution in [2.45, 2.75) is 12.8 Å². The molecule has 0 saturated heterocycles. The van der Waals surface area contributed by atoms with Gasteiger partial charge in [0, 0.05) is 19.7 Å². The second kappa shape index (κ2) is 15.2. The molecule has 2 N–H and O–H groups in total. The Bertz CT molecular complexity index is 1730. The van der Waals surface area contributed by atoms with Gasteiger partial charge in [-0.1, -0.05) is 68.3 Å². The number of fused-ring (bicyclic) bond motifs is 3. The number of nitrogens with one attached hydrogen (secondary N) is 2. The topological polar surface area (TPSA) is 127 Å². The highest BCUT2D eigenvalue weighted by Crippen LogP contribution is 2.23. The zero-order valence-corrected chi connectivity index (χ0v) is 26.4. The Labute approximate surface area is 269 Å². The molecule has 0 aliphatic carbocycles. The van der Waals surface area contributed by atoms with Gasteiger partial charge < -0.3 is 9.47 Å². The van der Waals surface area contributed by atoms with E-state index in [4.69, 9.17) is 19.4 Å². The van der Waals surface area contributed by atoms with Crippen LogP contribution in [0.5, 0.6) is 11.5 Å². The van der Waals surface area contributed by atoms with Crippen LogP contribution in [0.1, 0.15) is 24.2 Å². The van der Waals surface area contributed by atoms with E-state index in [1.54, 1.807) is 12.1 Å². The fourth-order valence-electron chi connectivity index (χ4n) is 4.03. The van der Waals surface area contributed by atoms with Gasteiger partial charge in [-0.05, 0) is 48.5 Å². The fraction of sp³-hybridized carbons (Fsp3) is 0.125. The highest BCUT2D eigenvalue weighted by atomic mass is 79.9. The van der Waals surface area contributed by atoms with E-state index in [1.807, 2.05) is 72.8 Å². The number of carbonyl (C=O) groups excluding carboxylic acids is 2. The zero-order valence-electron chi connectivity index (χ0n) is 23.2. The number of halogens is 2. The third-order valence-corrected chi connectivity index (χ3v) is 7.11. The second-order valence-corrected chi connectivity index (χ2v) is 11.2. The van der Waals surface area contributed by atoms with Crippen LogP contribution in [0.15, 0.2) is 104 Å². The number of hydrogen-bond acceptors (Lipinski definition) is 8. The van der Waals surface area contributed by atoms with Gasteiger partial charge >= 0.3 is 0 Å². The number of benzene rings is 3. The maximum absolute atomic E-state index is 12.2. The molecule has 44 heavy (non-hydrogen) atoms. The Hall–Kier alpha value is -4.68. The first-order valence-corrected chi connectivity index (χ1v) is 15.1. The van der Waals surface area contributed by atoms with E-state index in [1.165, 1.54) is 12.4 Å². The lowest BCUT2D eigenvalue weighted by atomic mass is 10.1. The summed E-state index contributed by atoms with van der Waals surface area (Å²) in [4.78, 5) is 33.8. The Balaban J connectivity index is 1.16. The summed E-state index contributed by atoms with van der Waals surface area (Å²) in [6.07, 6.45) is 3.25. The van der Waals surface area contributed by atoms with Crippen molar-refractivity contribution >= 4 is 77.9 Å². The van der Waals surface area contributed by atoms with Gasteiger partial charge in [-0.2, -0.15) is 10.2 Å². The van der Waals surface area contributed by atoms with Crippen molar-refractivity contribution in [2.24, 2.45) is 10.2 Å². The van der Waals surface area contributed by atoms with Crippen molar-refractivity contribution < 1.29 is 19.1 Å². The van der Waals surface area contributed by atoms with Crippen LogP contribution in [0.25, 0.3) is 21.8 Å². The minimum Gasteiger partial charge on any atom is -0.493 e. The van der Waals surface area contributed by atoms with Crippen LogP contribution in [-0.4, -0.2) is 47.4 Å². The second-order valence-electron chi connectivity index (χ2n) is 9.38. The van der Waals surface area contributed by atoms with E-state index in [0.29, 0.717) is 33.9 Å². The molecule has 12 heteroatoms. The lowest BCUT2D eigenvalue weighted by molar-refractivity contribution is -0.122. The summed E-state index contributed by atoms with van der Waals surface area (Å²) in [6, 6.07) is 26.2. The van der Waals surface area contributed by atoms with Gasteiger partial charge in [0.05, 0.1) is 60.9 Å². The molecule has 3 aromatic carbocycles. The number of carbonyl (C=O) groups is 2. The molecule has 2 amide bonds. The summed E-state index contributed by atoms with van der Waals surface area (Å²) in [6.45, 7) is 0.444. The predicted molar refractivity (Wildman–Crippen MR) is 177 cm³/mol. The molecule has 10 nitrogen and oxygen atoms in total. The number of rotatable bonds is 12. The van der Waals surface area contributed by atoms with E-state index in [2.05, 4.69) is 52.9 Å². The minimum absolute atomic E-state index is 0.147. The Kier molecular flexibility index (Phi) is 10.6. The highest BCUT2D eigenvalue weighted by molar-refractivity contribution is 9.10. The first-order valence-electron chi connectivity index (χ1n) is 13.5. The summed E-state index contributed by atoms with van der Waals surface area (Å²) in [5, 5.41) is 9.87. The van der Waals surface area contributed by atoms with E-state index >= 15 is 0 Å². The molecular weight excluding hydrogens is 692 g/mol. The largest absolute Gasteiger partial charge is 0.493 e. The molecule has 0 spiro atoms. The van der Waals surface area contributed by atoms with Crippen LogP contribution in [-0.2, 0) is 9.59 Å². The number of pyridine rings is 2. The highest BCUT2D eigenvalue weighted by Gasteiger charge is 2.07. The third-order valence-electron chi connectivity index (χ3n) is 6.12. The third kappa shape index (κ3) is 8.91. The average molecular weight is 718 g/mol. The summed E-state index contributed by atoms with van der Waals surface area (Å²) in [7, 11) is 0. The zero-order chi connectivity index (χ0) is 30.7. The molecule has 5 aromatic rings. The quantitative estimate of drug-likeness (QED) is 0.0907. The van der Waals surface area contributed by atoms with Crippen LogP contribution < -0.4 is 20.3 Å². The summed E-state index contributed by atoms with van der Waals surface area (Å²) in [5.41, 5.74) is 7.45. The molecule has 0 atom stereocenters. The van der Waals surface area contributed by atoms with Crippen LogP contribution in [0.4, 0.5) is 0 Å². The number of aromatic nitrogens is 2. The lowest BCUT2D eigenvalue weighted by Crippen LogP contribution is -2.20. The smallest absolute Gasteiger partial charge is 0.243 e. The van der Waals surface area contributed by atoms with E-state index in [9.17, 15) is 9.59 Å². The maximum Gasteiger partial charge on any atom is 0.243 e. The van der Waals surface area contributed by atoms with Crippen molar-refractivity contribution in [3.05, 3.63) is 105 Å². The normalized spacial score (nSPS) is 11.3. The molecule has 0 radical (unpaired) electrons. The standard InChI is InChI=1S/C32H26Br2N6O4/c33-23-3-1-5-27(17-23)43-15-13-29(41)39-35-19-25-11-9-21-7-8-22-10-12-26(38-32(22)31(21)37-25)20-36-40-30(42)14-16-44-28-6-2-4-24(34)18-28/h1-12,17-20H,13-16H2,(H,39,41)(H,40,42)/b35-19+,36-20+. The molecule has 0 aliphatic rings. The van der Waals surface area contributed by atoms with Crippen molar-refractivity contribution in [3.63, 3.8) is 0 Å². The number of nitrogens with zero attached hydrogens (tertiary/aromatic N) is 4. The first kappa shape index (κ1) is 30.8. The Morgan fingerprint density at radius 3 is 1.52 bits per heavy atom. The van der Waals surface area contributed by atoms with Crippen molar-refractivity contribution in [1.82, 2.24) is 20.8 Å². The summed E-state index contributed by atoms with van der Waals surface area (Å²) in [5.74, 6) is 0.790. The molecule has 0 unspecified atom stereocenters. The fourth-order valence-corrected chi connectivity index (χ4v) is 4.79. The van der Waals surface area contributed by atoms with Gasteiger partial charge in [0.15, 0.2) is 0 Å². The molecule has 222 valence electrons. The van der Waals surface area contributed by atoms with Crippen molar-refractivity contribution in [1.29, 1.82) is 0 Å². The molecule has 0 fully saturated rings. The van der Waals surface area contributed by atoms with Crippen LogP contribution in [0.2, 0.25) is 0 Å². The van der Waals surface area contributed by atoms with Crippen LogP contribution in [0, 0.1) is 0 Å². The summed E-state index contributed by atoms with van der Waals surface area (Å²) >= 11 is 6.77. The van der Waals surface area contributed by atoms with Gasteiger partial charge in [-0.15, -0.1) is 0 Å². The number of ether oxygens (including phenoxy) is 2.